The standard InChI is InChI=1S/C12H16N2O4S/c1-2-19-9-5-3-4-8(9)14-6-7(11(16)17)10(15)13-12(14)18/h6,8-9H,2-5H2,1H3,(H,16,17)(H,13,15,18). The van der Waals surface area contributed by atoms with Crippen LogP contribution < -0.4 is 11.2 Å². The number of aromatic nitrogens is 2. The van der Waals surface area contributed by atoms with Crippen LogP contribution in [0.3, 0.4) is 0 Å². The van der Waals surface area contributed by atoms with Crippen LogP contribution in [0.15, 0.2) is 15.8 Å². The number of H-pyrrole nitrogens is 1. The molecule has 2 N–H and O–H groups in total. The minimum absolute atomic E-state index is 0.0348. The summed E-state index contributed by atoms with van der Waals surface area (Å²) in [7, 11) is 0. The van der Waals surface area contributed by atoms with Crippen molar-refractivity contribution in [2.45, 2.75) is 37.5 Å². The zero-order valence-electron chi connectivity index (χ0n) is 10.6. The van der Waals surface area contributed by atoms with Crippen molar-refractivity contribution < 1.29 is 9.90 Å². The van der Waals surface area contributed by atoms with Gasteiger partial charge >= 0.3 is 11.7 Å². The van der Waals surface area contributed by atoms with Crippen LogP contribution in [0.25, 0.3) is 0 Å². The summed E-state index contributed by atoms with van der Waals surface area (Å²) in [6.07, 6.45) is 4.04. The number of hydrogen-bond acceptors (Lipinski definition) is 4. The number of aromatic carboxylic acids is 1. The topological polar surface area (TPSA) is 92.2 Å². The van der Waals surface area contributed by atoms with E-state index in [1.807, 2.05) is 0 Å². The van der Waals surface area contributed by atoms with Gasteiger partial charge in [0.05, 0.1) is 0 Å². The Balaban J connectivity index is 2.44. The van der Waals surface area contributed by atoms with E-state index < -0.39 is 17.2 Å². The lowest BCUT2D eigenvalue weighted by atomic mass is 10.2. The molecular formula is C12H16N2O4S. The molecule has 0 aromatic carbocycles. The lowest BCUT2D eigenvalue weighted by Gasteiger charge is -2.21. The quantitative estimate of drug-likeness (QED) is 0.863. The van der Waals surface area contributed by atoms with E-state index in [1.54, 1.807) is 11.8 Å². The predicted octanol–water partition coefficient (Wildman–Crippen LogP) is 1.08. The van der Waals surface area contributed by atoms with Gasteiger partial charge in [0, 0.05) is 17.5 Å². The first kappa shape index (κ1) is 13.9. The van der Waals surface area contributed by atoms with Gasteiger partial charge in [0.1, 0.15) is 5.56 Å². The van der Waals surface area contributed by atoms with Gasteiger partial charge in [-0.15, -0.1) is 0 Å². The van der Waals surface area contributed by atoms with Gasteiger partial charge in [-0.3, -0.25) is 14.3 Å². The van der Waals surface area contributed by atoms with Crippen molar-refractivity contribution in [1.29, 1.82) is 0 Å². The monoisotopic (exact) mass is 284 g/mol. The summed E-state index contributed by atoms with van der Waals surface area (Å²) in [5, 5.41) is 9.25. The average molecular weight is 284 g/mol. The molecular weight excluding hydrogens is 268 g/mol. The van der Waals surface area contributed by atoms with Crippen molar-refractivity contribution in [3.05, 3.63) is 32.6 Å². The molecule has 7 heteroatoms. The number of nitrogens with zero attached hydrogens (tertiary/aromatic N) is 1. The molecule has 1 aliphatic rings. The molecule has 0 bridgehead atoms. The molecule has 0 saturated heterocycles. The van der Waals surface area contributed by atoms with E-state index in [0.717, 1.165) is 25.0 Å². The summed E-state index contributed by atoms with van der Waals surface area (Å²) < 4.78 is 1.38. The highest BCUT2D eigenvalue weighted by atomic mass is 32.2. The number of carboxylic acids is 1. The fraction of sp³-hybridized carbons (Fsp3) is 0.583. The lowest BCUT2D eigenvalue weighted by molar-refractivity contribution is 0.0693. The van der Waals surface area contributed by atoms with E-state index in [0.29, 0.717) is 5.25 Å². The molecule has 0 aliphatic heterocycles. The molecule has 0 spiro atoms. The molecule has 2 rings (SSSR count). The number of nitrogens with one attached hydrogen (secondary N) is 1. The highest BCUT2D eigenvalue weighted by Gasteiger charge is 2.30. The molecule has 2 unspecified atom stereocenters. The number of thioether (sulfide) groups is 1. The second kappa shape index (κ2) is 5.64. The number of hydrogen-bond donors (Lipinski definition) is 2. The number of carboxylic acid groups (broad SMARTS) is 1. The maximum absolute atomic E-state index is 11.9. The van der Waals surface area contributed by atoms with Crippen LogP contribution in [0.4, 0.5) is 0 Å². The van der Waals surface area contributed by atoms with Crippen molar-refractivity contribution >= 4 is 17.7 Å². The zero-order valence-corrected chi connectivity index (χ0v) is 11.4. The molecule has 1 aliphatic carbocycles. The largest absolute Gasteiger partial charge is 0.477 e. The van der Waals surface area contributed by atoms with Crippen LogP contribution in [0.1, 0.15) is 42.6 Å². The Labute approximate surface area is 113 Å². The maximum Gasteiger partial charge on any atom is 0.342 e. The number of carbonyl (C=O) groups is 1. The van der Waals surface area contributed by atoms with Crippen LogP contribution in [0.5, 0.6) is 0 Å². The van der Waals surface area contributed by atoms with Gasteiger partial charge in [-0.1, -0.05) is 13.3 Å². The van der Waals surface area contributed by atoms with E-state index in [9.17, 15) is 14.4 Å². The van der Waals surface area contributed by atoms with Crippen LogP contribution in [0, 0.1) is 0 Å². The van der Waals surface area contributed by atoms with Crippen LogP contribution in [-0.2, 0) is 0 Å². The zero-order chi connectivity index (χ0) is 14.0. The lowest BCUT2D eigenvalue weighted by Crippen LogP contribution is -2.36. The molecule has 104 valence electrons. The molecule has 0 radical (unpaired) electrons. The first-order valence-corrected chi connectivity index (χ1v) is 7.29. The van der Waals surface area contributed by atoms with E-state index in [2.05, 4.69) is 11.9 Å². The summed E-state index contributed by atoms with van der Waals surface area (Å²) >= 11 is 1.77. The van der Waals surface area contributed by atoms with Crippen molar-refractivity contribution in [2.75, 3.05) is 5.75 Å². The second-order valence-electron chi connectivity index (χ2n) is 4.51. The Morgan fingerprint density at radius 1 is 1.53 bits per heavy atom. The molecule has 1 saturated carbocycles. The van der Waals surface area contributed by atoms with Crippen molar-refractivity contribution in [2.24, 2.45) is 0 Å². The average Bonchev–Trinajstić information content (AvgIpc) is 2.77. The molecule has 0 amide bonds. The van der Waals surface area contributed by atoms with Crippen molar-refractivity contribution in [3.8, 4) is 0 Å². The Bertz CT molecular complexity index is 592. The van der Waals surface area contributed by atoms with Crippen molar-refractivity contribution in [1.82, 2.24) is 9.55 Å². The number of rotatable bonds is 4. The van der Waals surface area contributed by atoms with Gasteiger partial charge in [-0.25, -0.2) is 9.59 Å². The normalized spacial score (nSPS) is 22.6. The Kier molecular flexibility index (Phi) is 4.14. The van der Waals surface area contributed by atoms with Crippen molar-refractivity contribution in [3.63, 3.8) is 0 Å². The molecule has 1 aromatic rings. The Hall–Kier alpha value is -1.50. The van der Waals surface area contributed by atoms with Gasteiger partial charge in [-0.05, 0) is 18.6 Å². The van der Waals surface area contributed by atoms with Gasteiger partial charge in [0.2, 0.25) is 0 Å². The predicted molar refractivity (Wildman–Crippen MR) is 73.1 cm³/mol. The van der Waals surface area contributed by atoms with E-state index in [1.165, 1.54) is 10.8 Å². The summed E-state index contributed by atoms with van der Waals surface area (Å²) in [4.78, 5) is 36.3. The van der Waals surface area contributed by atoms with Crippen LogP contribution in [-0.4, -0.2) is 31.6 Å². The van der Waals surface area contributed by atoms with E-state index >= 15 is 0 Å². The fourth-order valence-corrected chi connectivity index (χ4v) is 3.77. The molecule has 1 aromatic heterocycles. The summed E-state index contributed by atoms with van der Waals surface area (Å²) in [6, 6.07) is -0.0348. The SMILES string of the molecule is CCSC1CCCC1n1cc(C(=O)O)c(=O)[nH]c1=O. The molecule has 1 fully saturated rings. The minimum Gasteiger partial charge on any atom is -0.477 e. The van der Waals surface area contributed by atoms with Gasteiger partial charge in [0.25, 0.3) is 5.56 Å². The third-order valence-corrected chi connectivity index (χ3v) is 4.67. The molecule has 6 nitrogen and oxygen atoms in total. The third kappa shape index (κ3) is 2.75. The Morgan fingerprint density at radius 2 is 2.26 bits per heavy atom. The van der Waals surface area contributed by atoms with Gasteiger partial charge < -0.3 is 5.11 Å². The van der Waals surface area contributed by atoms with Crippen LogP contribution >= 0.6 is 11.8 Å². The molecule has 2 atom stereocenters. The first-order valence-electron chi connectivity index (χ1n) is 6.25. The summed E-state index contributed by atoms with van der Waals surface area (Å²) in [6.45, 7) is 2.05. The van der Waals surface area contributed by atoms with E-state index in [-0.39, 0.29) is 11.6 Å². The Morgan fingerprint density at radius 3 is 2.89 bits per heavy atom. The van der Waals surface area contributed by atoms with Gasteiger partial charge in [0.15, 0.2) is 0 Å². The minimum atomic E-state index is -1.31. The van der Waals surface area contributed by atoms with E-state index in [4.69, 9.17) is 5.11 Å². The number of aromatic amines is 1. The first-order chi connectivity index (χ1) is 9.04. The van der Waals surface area contributed by atoms with Gasteiger partial charge in [-0.2, -0.15) is 11.8 Å². The molecule has 1 heterocycles. The summed E-state index contributed by atoms with van der Waals surface area (Å²) in [5.41, 5.74) is -1.75. The smallest absolute Gasteiger partial charge is 0.342 e. The highest BCUT2D eigenvalue weighted by Crippen LogP contribution is 2.37. The fourth-order valence-electron chi connectivity index (χ4n) is 2.52. The highest BCUT2D eigenvalue weighted by molar-refractivity contribution is 7.99. The maximum atomic E-state index is 11.9. The summed E-state index contributed by atoms with van der Waals surface area (Å²) in [5.74, 6) is -0.363. The molecule has 19 heavy (non-hydrogen) atoms. The second-order valence-corrected chi connectivity index (χ2v) is 6.02. The van der Waals surface area contributed by atoms with Crippen LogP contribution in [0.2, 0.25) is 0 Å². The third-order valence-electron chi connectivity index (χ3n) is 3.35.